The highest BCUT2D eigenvalue weighted by Gasteiger charge is 2.31. The van der Waals surface area contributed by atoms with Gasteiger partial charge < -0.3 is 19.9 Å². The zero-order valence-electron chi connectivity index (χ0n) is 16.2. The number of quaternary nitrogens is 2. The number of halogens is 2. The van der Waals surface area contributed by atoms with E-state index < -0.39 is 0 Å². The first kappa shape index (κ1) is 20.9. The van der Waals surface area contributed by atoms with E-state index >= 15 is 0 Å². The molecule has 2 aromatic carbocycles. The van der Waals surface area contributed by atoms with Crippen LogP contribution in [0.4, 0.5) is 5.69 Å². The van der Waals surface area contributed by atoms with Gasteiger partial charge in [0.2, 0.25) is 0 Å². The van der Waals surface area contributed by atoms with E-state index in [2.05, 4.69) is 11.4 Å². The third-order valence-corrected chi connectivity index (χ3v) is 5.84. The van der Waals surface area contributed by atoms with Crippen molar-refractivity contribution >= 4 is 34.8 Å². The smallest absolute Gasteiger partial charge is 0.282 e. The summed E-state index contributed by atoms with van der Waals surface area (Å²) in [6, 6.07) is 13.1. The highest BCUT2D eigenvalue weighted by Crippen LogP contribution is 2.27. The lowest BCUT2D eigenvalue weighted by atomic mass is 10.1. The fourth-order valence-electron chi connectivity index (χ4n) is 3.67. The van der Waals surface area contributed by atoms with Crippen LogP contribution >= 0.6 is 23.2 Å². The first-order valence-electron chi connectivity index (χ1n) is 9.53. The zero-order valence-corrected chi connectivity index (χ0v) is 17.7. The lowest BCUT2D eigenvalue weighted by Gasteiger charge is -2.32. The Hall–Kier alpha value is -1.79. The highest BCUT2D eigenvalue weighted by atomic mass is 35.5. The molecule has 0 bridgehead atoms. The van der Waals surface area contributed by atoms with Crippen LogP contribution in [-0.4, -0.2) is 45.2 Å². The van der Waals surface area contributed by atoms with E-state index in [1.807, 2.05) is 25.1 Å². The number of nitrogens with one attached hydrogen (secondary N) is 3. The van der Waals surface area contributed by atoms with Gasteiger partial charge in [0.15, 0.2) is 6.04 Å². The van der Waals surface area contributed by atoms with Gasteiger partial charge in [0.05, 0.1) is 12.8 Å². The number of carbonyl (C=O) groups excluding carboxylic acids is 1. The van der Waals surface area contributed by atoms with Crippen molar-refractivity contribution in [1.82, 2.24) is 0 Å². The van der Waals surface area contributed by atoms with Gasteiger partial charge in [-0.15, -0.1) is 0 Å². The Balaban J connectivity index is 1.54. The summed E-state index contributed by atoms with van der Waals surface area (Å²) >= 11 is 12.1. The fourth-order valence-corrected chi connectivity index (χ4v) is 4.06. The van der Waals surface area contributed by atoms with Crippen molar-refractivity contribution in [2.45, 2.75) is 19.5 Å². The zero-order chi connectivity index (χ0) is 20.1. The molecule has 0 spiro atoms. The van der Waals surface area contributed by atoms with Crippen molar-refractivity contribution in [3.05, 3.63) is 58.1 Å². The maximum atomic E-state index is 12.7. The normalized spacial score (nSPS) is 20.4. The standard InChI is InChI=1S/C21H25Cl2N3O2/c1-15(21(27)24-19-13-18(23)6-7-20(19)28-2)26-10-8-25(9-11-26)14-16-4-3-5-17(22)12-16/h3-7,12-13,15H,8-11,14H2,1-2H3,(H,24,27)/p+2/t15-/m1/s1. The topological polar surface area (TPSA) is 47.2 Å². The van der Waals surface area contributed by atoms with Crippen LogP contribution in [-0.2, 0) is 11.3 Å². The Morgan fingerprint density at radius 3 is 2.50 bits per heavy atom. The Kier molecular flexibility index (Phi) is 7.18. The number of anilines is 1. The summed E-state index contributed by atoms with van der Waals surface area (Å²) in [6.07, 6.45) is 0. The molecule has 1 fully saturated rings. The quantitative estimate of drug-likeness (QED) is 0.655. The molecule has 0 radical (unpaired) electrons. The number of methoxy groups -OCH3 is 1. The minimum Gasteiger partial charge on any atom is -0.495 e. The predicted molar refractivity (Wildman–Crippen MR) is 113 cm³/mol. The molecule has 1 aliphatic rings. The number of carbonyl (C=O) groups is 1. The maximum Gasteiger partial charge on any atom is 0.282 e. The van der Waals surface area contributed by atoms with Gasteiger partial charge in [-0.1, -0.05) is 35.3 Å². The monoisotopic (exact) mass is 423 g/mol. The van der Waals surface area contributed by atoms with Crippen LogP contribution in [0.3, 0.4) is 0 Å². The van der Waals surface area contributed by atoms with Crippen molar-refractivity contribution in [3.63, 3.8) is 0 Å². The summed E-state index contributed by atoms with van der Waals surface area (Å²) in [5, 5.41) is 4.31. The third kappa shape index (κ3) is 5.39. The van der Waals surface area contributed by atoms with Crippen LogP contribution in [0.1, 0.15) is 12.5 Å². The Labute approximate surface area is 176 Å². The third-order valence-electron chi connectivity index (χ3n) is 5.37. The SMILES string of the molecule is COc1ccc(Cl)cc1NC(=O)[C@@H](C)[NH+]1CC[NH+](Cc2cccc(Cl)c2)CC1. The Bertz CT molecular complexity index is 823. The first-order chi connectivity index (χ1) is 13.5. The second-order valence-corrected chi connectivity index (χ2v) is 8.14. The first-order valence-corrected chi connectivity index (χ1v) is 10.3. The number of piperazine rings is 1. The predicted octanol–water partition coefficient (Wildman–Crippen LogP) is 1.31. The van der Waals surface area contributed by atoms with E-state index in [0.29, 0.717) is 16.5 Å². The van der Waals surface area contributed by atoms with Crippen LogP contribution < -0.4 is 19.9 Å². The number of amides is 1. The molecular formula is C21H27Cl2N3O2+2. The molecule has 3 N–H and O–H groups in total. The largest absolute Gasteiger partial charge is 0.495 e. The molecule has 1 saturated heterocycles. The van der Waals surface area contributed by atoms with Crippen LogP contribution in [0.5, 0.6) is 5.75 Å². The minimum atomic E-state index is -0.142. The van der Waals surface area contributed by atoms with Crippen LogP contribution in [0.15, 0.2) is 42.5 Å². The van der Waals surface area contributed by atoms with E-state index in [4.69, 9.17) is 27.9 Å². The summed E-state index contributed by atoms with van der Waals surface area (Å²) in [7, 11) is 1.58. The lowest BCUT2D eigenvalue weighted by molar-refractivity contribution is -1.02. The van der Waals surface area contributed by atoms with Gasteiger partial charge in [0.25, 0.3) is 5.91 Å². The second kappa shape index (κ2) is 9.61. The molecule has 2 aromatic rings. The molecule has 7 heteroatoms. The molecular weight excluding hydrogens is 397 g/mol. The van der Waals surface area contributed by atoms with E-state index in [0.717, 1.165) is 37.7 Å². The van der Waals surface area contributed by atoms with Crippen molar-refractivity contribution in [1.29, 1.82) is 0 Å². The second-order valence-electron chi connectivity index (χ2n) is 7.27. The molecule has 1 atom stereocenters. The van der Waals surface area contributed by atoms with Gasteiger partial charge in [0.1, 0.15) is 38.5 Å². The van der Waals surface area contributed by atoms with E-state index in [9.17, 15) is 4.79 Å². The van der Waals surface area contributed by atoms with Crippen molar-refractivity contribution in [3.8, 4) is 5.75 Å². The van der Waals surface area contributed by atoms with Gasteiger partial charge in [-0.05, 0) is 37.3 Å². The van der Waals surface area contributed by atoms with Gasteiger partial charge in [-0.2, -0.15) is 0 Å². The lowest BCUT2D eigenvalue weighted by Crippen LogP contribution is -3.29. The molecule has 5 nitrogen and oxygen atoms in total. The van der Waals surface area contributed by atoms with E-state index in [1.165, 1.54) is 15.4 Å². The molecule has 150 valence electrons. The molecule has 0 unspecified atom stereocenters. The molecule has 1 aliphatic heterocycles. The minimum absolute atomic E-state index is 0.0196. The summed E-state index contributed by atoms with van der Waals surface area (Å²) in [6.45, 7) is 6.91. The summed E-state index contributed by atoms with van der Waals surface area (Å²) in [4.78, 5) is 15.6. The van der Waals surface area contributed by atoms with Gasteiger partial charge in [0, 0.05) is 15.6 Å². The van der Waals surface area contributed by atoms with Gasteiger partial charge in [-0.25, -0.2) is 0 Å². The molecule has 0 aromatic heterocycles. The molecule has 3 rings (SSSR count). The number of benzene rings is 2. The number of hydrogen-bond acceptors (Lipinski definition) is 2. The van der Waals surface area contributed by atoms with Crippen molar-refractivity contribution in [2.24, 2.45) is 0 Å². The summed E-state index contributed by atoms with van der Waals surface area (Å²) < 4.78 is 5.31. The molecule has 0 aliphatic carbocycles. The average molecular weight is 424 g/mol. The van der Waals surface area contributed by atoms with Crippen LogP contribution in [0.2, 0.25) is 10.0 Å². The Morgan fingerprint density at radius 2 is 1.82 bits per heavy atom. The molecule has 1 heterocycles. The van der Waals surface area contributed by atoms with E-state index in [-0.39, 0.29) is 11.9 Å². The summed E-state index contributed by atoms with van der Waals surface area (Å²) in [5.74, 6) is 0.588. The fraction of sp³-hybridized carbons (Fsp3) is 0.381. The number of hydrogen-bond donors (Lipinski definition) is 3. The van der Waals surface area contributed by atoms with Crippen LogP contribution in [0.25, 0.3) is 0 Å². The average Bonchev–Trinajstić information content (AvgIpc) is 2.68. The highest BCUT2D eigenvalue weighted by molar-refractivity contribution is 6.31. The number of ether oxygens (including phenoxy) is 1. The van der Waals surface area contributed by atoms with E-state index in [1.54, 1.807) is 25.3 Å². The molecule has 0 saturated carbocycles. The maximum absolute atomic E-state index is 12.7. The number of rotatable bonds is 6. The summed E-state index contributed by atoms with van der Waals surface area (Å²) in [5.41, 5.74) is 1.86. The van der Waals surface area contributed by atoms with Crippen molar-refractivity contribution in [2.75, 3.05) is 38.6 Å². The molecule has 1 amide bonds. The van der Waals surface area contributed by atoms with Crippen LogP contribution in [0, 0.1) is 0 Å². The molecule has 28 heavy (non-hydrogen) atoms. The van der Waals surface area contributed by atoms with Gasteiger partial charge >= 0.3 is 0 Å². The Morgan fingerprint density at radius 1 is 1.11 bits per heavy atom. The van der Waals surface area contributed by atoms with Gasteiger partial charge in [-0.3, -0.25) is 4.79 Å². The van der Waals surface area contributed by atoms with Crippen molar-refractivity contribution < 1.29 is 19.3 Å².